The molecular weight excluding hydrogens is 851 g/mol. The Kier molecular flexibility index (Phi) is 13.8. The molecule has 324 valence electrons. The smallest absolute Gasteiger partial charge is 0.341 e. The number of halogens is 2. The highest BCUT2D eigenvalue weighted by atomic mass is 35.5. The molecule has 0 amide bonds. The predicted octanol–water partition coefficient (Wildman–Crippen LogP) is 11.2. The zero-order valence-electron chi connectivity index (χ0n) is 35.8. The van der Waals surface area contributed by atoms with Gasteiger partial charge in [0.25, 0.3) is 0 Å². The fourth-order valence-electron chi connectivity index (χ4n) is 7.75. The summed E-state index contributed by atoms with van der Waals surface area (Å²) in [5, 5.41) is 1.16. The largest absolute Gasteiger partial charge is 0.465 e. The number of Topliss-reactive ketones (excluding diaryl/α,β-unsaturated/α-hetero) is 2. The fourth-order valence-corrected chi connectivity index (χ4v) is 8.21. The molecule has 5 aromatic carbocycles. The highest BCUT2D eigenvalue weighted by Gasteiger charge is 2.25. The number of aromatic nitrogens is 2. The molecule has 0 fully saturated rings. The number of pyridine rings is 2. The van der Waals surface area contributed by atoms with Crippen molar-refractivity contribution in [3.8, 4) is 23.0 Å². The van der Waals surface area contributed by atoms with Crippen molar-refractivity contribution in [2.45, 2.75) is 38.5 Å². The summed E-state index contributed by atoms with van der Waals surface area (Å²) in [6.07, 6.45) is 3.34. The van der Waals surface area contributed by atoms with E-state index in [1.807, 2.05) is 62.4 Å². The summed E-state index contributed by atoms with van der Waals surface area (Å²) in [4.78, 5) is 64.5. The summed E-state index contributed by atoms with van der Waals surface area (Å²) >= 11 is 12.6. The summed E-state index contributed by atoms with van der Waals surface area (Å²) in [7, 11) is 4.50. The van der Waals surface area contributed by atoms with Gasteiger partial charge in [0.1, 0.15) is 17.1 Å². The lowest BCUT2D eigenvalue weighted by Gasteiger charge is -2.21. The average Bonchev–Trinajstić information content (AvgIpc) is 3.28. The molecule has 7 rings (SSSR count). The number of ether oxygens (including phenoxy) is 3. The van der Waals surface area contributed by atoms with Gasteiger partial charge in [0.2, 0.25) is 11.1 Å². The number of carbonyl (C=O) groups excluding carboxylic acids is 3. The Bertz CT molecular complexity index is 3010. The van der Waals surface area contributed by atoms with E-state index in [1.165, 1.54) is 28.4 Å². The number of rotatable bonds is 15. The average molecular weight is 896 g/mol. The minimum Gasteiger partial charge on any atom is -0.465 e. The maximum absolute atomic E-state index is 13.7. The second-order valence-corrected chi connectivity index (χ2v) is 16.4. The van der Waals surface area contributed by atoms with Crippen LogP contribution >= 0.6 is 23.2 Å². The molecule has 0 N–H and O–H groups in total. The third-order valence-electron chi connectivity index (χ3n) is 11.2. The van der Waals surface area contributed by atoms with Crippen molar-refractivity contribution in [1.29, 1.82) is 0 Å². The van der Waals surface area contributed by atoms with Gasteiger partial charge in [-0.3, -0.25) is 19.2 Å². The van der Waals surface area contributed by atoms with E-state index in [9.17, 15) is 24.0 Å². The Morgan fingerprint density at radius 3 is 1.45 bits per heavy atom. The van der Waals surface area contributed by atoms with E-state index in [4.69, 9.17) is 37.4 Å². The van der Waals surface area contributed by atoms with E-state index < -0.39 is 5.97 Å². The first-order chi connectivity index (χ1) is 30.7. The highest BCUT2D eigenvalue weighted by molar-refractivity contribution is 6.31. The van der Waals surface area contributed by atoms with Crippen LogP contribution in [0.15, 0.2) is 149 Å². The van der Waals surface area contributed by atoms with E-state index in [0.29, 0.717) is 32.7 Å². The Balaban J connectivity index is 1.17. The van der Waals surface area contributed by atoms with Gasteiger partial charge >= 0.3 is 5.97 Å². The number of nitrogens with zero attached hydrogens (tertiary/aromatic N) is 2. The van der Waals surface area contributed by atoms with Crippen molar-refractivity contribution >= 4 is 40.7 Å². The normalized spacial score (nSPS) is 12.0. The summed E-state index contributed by atoms with van der Waals surface area (Å²) in [6, 6.07) is 36.5. The number of para-hydroxylation sites is 1. The maximum atomic E-state index is 13.7. The Hall–Kier alpha value is -7.01. The van der Waals surface area contributed by atoms with Crippen LogP contribution in [0, 0.1) is 13.8 Å². The lowest BCUT2D eigenvalue weighted by Crippen LogP contribution is -2.17. The van der Waals surface area contributed by atoms with Gasteiger partial charge in [0.15, 0.2) is 23.1 Å². The fraction of sp³-hybridized carbons (Fsp3) is 0.173. The Morgan fingerprint density at radius 2 is 1.03 bits per heavy atom. The van der Waals surface area contributed by atoms with Crippen LogP contribution in [0.1, 0.15) is 89.1 Å². The molecule has 12 heteroatoms. The van der Waals surface area contributed by atoms with Crippen molar-refractivity contribution < 1.29 is 28.6 Å². The molecule has 0 spiro atoms. The summed E-state index contributed by atoms with van der Waals surface area (Å²) in [5.74, 6) is -0.423. The minimum absolute atomic E-state index is 0.119. The third kappa shape index (κ3) is 10.3. The van der Waals surface area contributed by atoms with Gasteiger partial charge in [-0.05, 0) is 120 Å². The summed E-state index contributed by atoms with van der Waals surface area (Å²) in [5.41, 5.74) is 5.92. The number of carbonyl (C=O) groups is 3. The van der Waals surface area contributed by atoms with Gasteiger partial charge in [0, 0.05) is 84.5 Å². The van der Waals surface area contributed by atoms with Crippen LogP contribution in [0.5, 0.6) is 23.0 Å². The molecule has 0 saturated carbocycles. The highest BCUT2D eigenvalue weighted by Crippen LogP contribution is 2.41. The number of aryl methyl sites for hydroxylation is 4. The predicted molar refractivity (Wildman–Crippen MR) is 248 cm³/mol. The summed E-state index contributed by atoms with van der Waals surface area (Å²) < 4.78 is 20.7. The Morgan fingerprint density at radius 1 is 0.578 bits per heavy atom. The lowest BCUT2D eigenvalue weighted by atomic mass is 9.84. The van der Waals surface area contributed by atoms with Crippen molar-refractivity contribution in [2.75, 3.05) is 7.11 Å². The standard InChI is InChI=1S/C52H44Cl2N2O8/c1-31-25-37(53)15-21-41(31)44(27-46(57)35-13-23-49(59)55(3)29-35)33-9-17-39(18-10-33)63-48-8-6-7-43(52(61)62-5)51(48)64-40-19-11-34(12-20-40)45(42-22-16-38(54)26-32(42)2)28-47(58)36-14-24-50(60)56(4)30-36/h6-26,29-30,44-45H,27-28H2,1-5H3. The second kappa shape index (κ2) is 19.6. The maximum Gasteiger partial charge on any atom is 0.341 e. The third-order valence-corrected chi connectivity index (χ3v) is 11.7. The number of hydrogen-bond donors (Lipinski definition) is 0. The van der Waals surface area contributed by atoms with Crippen LogP contribution in [0.4, 0.5) is 0 Å². The van der Waals surface area contributed by atoms with Crippen LogP contribution in [0.25, 0.3) is 0 Å². The number of methoxy groups -OCH3 is 1. The molecule has 2 aromatic heterocycles. The molecular formula is C52H44Cl2N2O8. The van der Waals surface area contributed by atoms with Gasteiger partial charge in [0.05, 0.1) is 7.11 Å². The molecule has 10 nitrogen and oxygen atoms in total. The summed E-state index contributed by atoms with van der Waals surface area (Å²) in [6.45, 7) is 3.89. The number of hydrogen-bond acceptors (Lipinski definition) is 8. The molecule has 0 aliphatic rings. The first-order valence-corrected chi connectivity index (χ1v) is 21.1. The quantitative estimate of drug-likeness (QED) is 0.0736. The monoisotopic (exact) mass is 894 g/mol. The van der Waals surface area contributed by atoms with E-state index >= 15 is 0 Å². The van der Waals surface area contributed by atoms with Crippen molar-refractivity contribution in [3.05, 3.63) is 221 Å². The molecule has 0 aliphatic heterocycles. The van der Waals surface area contributed by atoms with Gasteiger partial charge in [-0.15, -0.1) is 0 Å². The van der Waals surface area contributed by atoms with Crippen LogP contribution < -0.4 is 20.6 Å². The topological polar surface area (TPSA) is 123 Å². The SMILES string of the molecule is COC(=O)c1cccc(Oc2ccc(C(CC(=O)c3ccc(=O)n(C)c3)c3ccc(Cl)cc3C)cc2)c1Oc1ccc(C(CC(=O)c2ccc(=O)n(C)c2)c2ccc(Cl)cc2C)cc1. The van der Waals surface area contributed by atoms with Gasteiger partial charge in [-0.2, -0.15) is 0 Å². The lowest BCUT2D eigenvalue weighted by molar-refractivity contribution is 0.0597. The van der Waals surface area contributed by atoms with Gasteiger partial charge in [-0.1, -0.05) is 65.7 Å². The van der Waals surface area contributed by atoms with Crippen LogP contribution in [0.2, 0.25) is 10.0 Å². The first-order valence-electron chi connectivity index (χ1n) is 20.4. The molecule has 0 aliphatic carbocycles. The number of benzene rings is 5. The zero-order valence-corrected chi connectivity index (χ0v) is 37.3. The zero-order chi connectivity index (χ0) is 45.7. The first kappa shape index (κ1) is 45.0. The number of esters is 1. The molecule has 2 heterocycles. The van der Waals surface area contributed by atoms with Crippen LogP contribution in [-0.2, 0) is 18.8 Å². The Labute approximate surface area is 380 Å². The minimum atomic E-state index is -0.632. The second-order valence-electron chi connectivity index (χ2n) is 15.6. The van der Waals surface area contributed by atoms with E-state index in [1.54, 1.807) is 93.2 Å². The van der Waals surface area contributed by atoms with Crippen LogP contribution in [-0.4, -0.2) is 33.8 Å². The molecule has 0 radical (unpaired) electrons. The molecule has 0 saturated heterocycles. The van der Waals surface area contributed by atoms with Gasteiger partial charge < -0.3 is 23.3 Å². The number of ketones is 2. The van der Waals surface area contributed by atoms with Crippen molar-refractivity contribution in [3.63, 3.8) is 0 Å². The molecule has 64 heavy (non-hydrogen) atoms. The molecule has 7 aromatic rings. The van der Waals surface area contributed by atoms with Crippen molar-refractivity contribution in [2.24, 2.45) is 14.1 Å². The van der Waals surface area contributed by atoms with E-state index in [0.717, 1.165) is 33.4 Å². The molecule has 2 atom stereocenters. The van der Waals surface area contributed by atoms with Crippen LogP contribution in [0.3, 0.4) is 0 Å². The van der Waals surface area contributed by atoms with Gasteiger partial charge in [-0.25, -0.2) is 4.79 Å². The van der Waals surface area contributed by atoms with E-state index in [-0.39, 0.29) is 64.4 Å². The molecule has 2 unspecified atom stereocenters. The van der Waals surface area contributed by atoms with E-state index in [2.05, 4.69) is 0 Å². The van der Waals surface area contributed by atoms with Crippen molar-refractivity contribution in [1.82, 2.24) is 9.13 Å². The molecule has 0 bridgehead atoms.